The molecule has 2 aromatic heterocycles. The molecule has 1 unspecified atom stereocenters. The number of imidazole rings is 2. The second-order valence-electron chi connectivity index (χ2n) is 9.57. The summed E-state index contributed by atoms with van der Waals surface area (Å²) in [5.74, 6) is -0.506. The lowest BCUT2D eigenvalue weighted by molar-refractivity contribution is -0.114. The van der Waals surface area contributed by atoms with Crippen LogP contribution in [0.25, 0.3) is 22.1 Å². The number of nitrogens with one attached hydrogen (secondary N) is 3. The molecule has 0 radical (unpaired) electrons. The van der Waals surface area contributed by atoms with Crippen LogP contribution in [0.3, 0.4) is 0 Å². The van der Waals surface area contributed by atoms with Crippen molar-refractivity contribution in [1.29, 1.82) is 0 Å². The molecule has 3 aromatic carbocycles. The Morgan fingerprint density at radius 1 is 1.12 bits per heavy atom. The number of para-hydroxylation sites is 2. The highest BCUT2D eigenvalue weighted by Crippen LogP contribution is 2.29. The zero-order chi connectivity index (χ0) is 28.6. The molecule has 9 nitrogen and oxygen atoms in total. The maximum absolute atomic E-state index is 14.6. The van der Waals surface area contributed by atoms with Gasteiger partial charge >= 0.3 is 0 Å². The predicted molar refractivity (Wildman–Crippen MR) is 148 cm³/mol. The molecule has 0 bridgehead atoms. The summed E-state index contributed by atoms with van der Waals surface area (Å²) >= 11 is 0. The van der Waals surface area contributed by atoms with E-state index in [9.17, 15) is 18.4 Å². The van der Waals surface area contributed by atoms with Gasteiger partial charge in [0.15, 0.2) is 11.6 Å². The van der Waals surface area contributed by atoms with Gasteiger partial charge in [-0.15, -0.1) is 0 Å². The number of anilines is 1. The Bertz CT molecular complexity index is 1760. The first-order valence-electron chi connectivity index (χ1n) is 12.7. The zero-order valence-electron chi connectivity index (χ0n) is 22.4. The number of carbonyl (C=O) groups is 2. The van der Waals surface area contributed by atoms with Gasteiger partial charge < -0.3 is 24.9 Å². The minimum atomic E-state index is -0.591. The first-order valence-corrected chi connectivity index (χ1v) is 12.7. The number of ether oxygens (including phenoxy) is 1. The number of halogens is 2. The molecule has 0 aliphatic heterocycles. The van der Waals surface area contributed by atoms with Crippen molar-refractivity contribution in [3.63, 3.8) is 0 Å². The number of amides is 2. The quantitative estimate of drug-likeness (QED) is 0.238. The van der Waals surface area contributed by atoms with Gasteiger partial charge in [0.25, 0.3) is 5.91 Å². The number of hydrogen-bond donors (Lipinski definition) is 3. The van der Waals surface area contributed by atoms with Crippen LogP contribution < -0.4 is 15.4 Å². The number of fused-ring (bicyclic) bond motifs is 2. The van der Waals surface area contributed by atoms with Crippen molar-refractivity contribution >= 4 is 39.6 Å². The van der Waals surface area contributed by atoms with Crippen molar-refractivity contribution < 1.29 is 23.1 Å². The van der Waals surface area contributed by atoms with Crippen LogP contribution in [0.2, 0.25) is 0 Å². The molecule has 2 heterocycles. The molecule has 0 saturated heterocycles. The molecule has 2 amide bonds. The lowest BCUT2D eigenvalue weighted by atomic mass is 10.1. The molecule has 40 heavy (non-hydrogen) atoms. The summed E-state index contributed by atoms with van der Waals surface area (Å²) in [6, 6.07) is 13.4. The van der Waals surface area contributed by atoms with Gasteiger partial charge in [0.2, 0.25) is 5.91 Å². The molecule has 0 saturated carbocycles. The summed E-state index contributed by atoms with van der Waals surface area (Å²) in [5, 5.41) is 5.54. The van der Waals surface area contributed by atoms with Gasteiger partial charge in [-0.1, -0.05) is 12.1 Å². The van der Waals surface area contributed by atoms with E-state index >= 15 is 0 Å². The average Bonchev–Trinajstić information content (AvgIpc) is 3.52. The Labute approximate surface area is 228 Å². The highest BCUT2D eigenvalue weighted by molar-refractivity contribution is 5.97. The second-order valence-corrected chi connectivity index (χ2v) is 9.57. The fourth-order valence-corrected chi connectivity index (χ4v) is 4.62. The molecule has 0 spiro atoms. The van der Waals surface area contributed by atoms with Crippen molar-refractivity contribution in [2.75, 3.05) is 18.5 Å². The first-order chi connectivity index (χ1) is 19.1. The summed E-state index contributed by atoms with van der Waals surface area (Å²) in [6.07, 6.45) is 0. The fourth-order valence-electron chi connectivity index (χ4n) is 4.62. The molecule has 5 rings (SSSR count). The number of nitrogens with zero attached hydrogens (tertiary/aromatic N) is 3. The minimum Gasteiger partial charge on any atom is -0.490 e. The maximum atomic E-state index is 14.6. The lowest BCUT2D eigenvalue weighted by Gasteiger charge is -2.12. The van der Waals surface area contributed by atoms with Crippen molar-refractivity contribution in [1.82, 2.24) is 24.8 Å². The molecule has 206 valence electrons. The third-order valence-corrected chi connectivity index (χ3v) is 6.68. The van der Waals surface area contributed by atoms with E-state index in [4.69, 9.17) is 9.72 Å². The number of aryl methyl sites for hydroxylation is 2. The Hall–Kier alpha value is -4.80. The van der Waals surface area contributed by atoms with Gasteiger partial charge in [-0.25, -0.2) is 18.7 Å². The number of rotatable bonds is 8. The summed E-state index contributed by atoms with van der Waals surface area (Å²) < 4.78 is 36.5. The third kappa shape index (κ3) is 5.09. The van der Waals surface area contributed by atoms with Crippen LogP contribution in [0.4, 0.5) is 14.5 Å². The summed E-state index contributed by atoms with van der Waals surface area (Å²) in [6.45, 7) is 5.22. The van der Waals surface area contributed by atoms with E-state index in [1.54, 1.807) is 42.5 Å². The van der Waals surface area contributed by atoms with E-state index in [1.165, 1.54) is 13.8 Å². The molecular formula is C29H28F2N6O3. The zero-order valence-corrected chi connectivity index (χ0v) is 22.4. The summed E-state index contributed by atoms with van der Waals surface area (Å²) in [5.41, 5.74) is 2.56. The van der Waals surface area contributed by atoms with Crippen LogP contribution in [0, 0.1) is 18.6 Å². The van der Waals surface area contributed by atoms with Crippen LogP contribution in [-0.2, 0) is 11.8 Å². The molecule has 5 aromatic rings. The standard InChI is InChI=1S/C29H28F2N6O3/c1-15-13-19(30)25-26(24(15)31)36-27(35-25)16(2)28-34-20-10-9-18(14-22(20)37(28)4)29(39)32-11-12-40-23-8-6-5-7-21(23)33-17(3)38/h5-10,13-14,16H,11-12H2,1-4H3,(H,32,39)(H,33,38)(H,35,36). The molecule has 11 heteroatoms. The Balaban J connectivity index is 1.29. The van der Waals surface area contributed by atoms with Crippen LogP contribution in [0.1, 0.15) is 47.3 Å². The summed E-state index contributed by atoms with van der Waals surface area (Å²) in [7, 11) is 1.82. The first kappa shape index (κ1) is 26.8. The number of aromatic nitrogens is 4. The fraction of sp³-hybridized carbons (Fsp3) is 0.241. The van der Waals surface area contributed by atoms with Gasteiger partial charge in [-0.2, -0.15) is 0 Å². The van der Waals surface area contributed by atoms with Gasteiger partial charge in [-0.05, 0) is 55.8 Å². The molecule has 0 fully saturated rings. The van der Waals surface area contributed by atoms with Crippen molar-refractivity contribution in [3.05, 3.63) is 82.9 Å². The smallest absolute Gasteiger partial charge is 0.251 e. The van der Waals surface area contributed by atoms with Gasteiger partial charge in [-0.3, -0.25) is 9.59 Å². The molecule has 3 N–H and O–H groups in total. The number of benzene rings is 3. The van der Waals surface area contributed by atoms with E-state index in [2.05, 4.69) is 20.6 Å². The van der Waals surface area contributed by atoms with Crippen LogP contribution in [-0.4, -0.2) is 44.5 Å². The van der Waals surface area contributed by atoms with E-state index < -0.39 is 17.6 Å². The second kappa shape index (κ2) is 10.8. The predicted octanol–water partition coefficient (Wildman–Crippen LogP) is 4.96. The van der Waals surface area contributed by atoms with Crippen LogP contribution >= 0.6 is 0 Å². The molecule has 1 atom stereocenters. The van der Waals surface area contributed by atoms with Crippen molar-refractivity contribution in [2.45, 2.75) is 26.7 Å². The van der Waals surface area contributed by atoms with Gasteiger partial charge in [0.05, 0.1) is 29.2 Å². The van der Waals surface area contributed by atoms with Gasteiger partial charge in [0, 0.05) is 19.5 Å². The third-order valence-electron chi connectivity index (χ3n) is 6.68. The lowest BCUT2D eigenvalue weighted by Crippen LogP contribution is -2.28. The molecule has 0 aliphatic carbocycles. The van der Waals surface area contributed by atoms with E-state index in [0.717, 1.165) is 11.6 Å². The Morgan fingerprint density at radius 2 is 1.90 bits per heavy atom. The average molecular weight is 547 g/mol. The number of H-pyrrole nitrogens is 1. The molecular weight excluding hydrogens is 518 g/mol. The molecule has 0 aliphatic rings. The number of aromatic amines is 1. The summed E-state index contributed by atoms with van der Waals surface area (Å²) in [4.78, 5) is 36.1. The Morgan fingerprint density at radius 3 is 2.67 bits per heavy atom. The topological polar surface area (TPSA) is 114 Å². The van der Waals surface area contributed by atoms with Crippen molar-refractivity contribution in [3.8, 4) is 5.75 Å². The van der Waals surface area contributed by atoms with Gasteiger partial charge in [0.1, 0.15) is 35.0 Å². The van der Waals surface area contributed by atoms with E-state index in [1.807, 2.05) is 18.5 Å². The number of hydrogen-bond acceptors (Lipinski definition) is 5. The largest absolute Gasteiger partial charge is 0.490 e. The minimum absolute atomic E-state index is 0.0275. The SMILES string of the molecule is CC(=O)Nc1ccccc1OCCNC(=O)c1ccc2nc(C(C)c3nc4c(F)cc(C)c(F)c4[nH]3)n(C)c2c1. The maximum Gasteiger partial charge on any atom is 0.251 e. The highest BCUT2D eigenvalue weighted by atomic mass is 19.1. The van der Waals surface area contributed by atoms with E-state index in [0.29, 0.717) is 34.2 Å². The monoisotopic (exact) mass is 546 g/mol. The van der Waals surface area contributed by atoms with E-state index in [-0.39, 0.29) is 41.6 Å². The Kier molecular flexibility index (Phi) is 7.20. The van der Waals surface area contributed by atoms with Crippen LogP contribution in [0.15, 0.2) is 48.5 Å². The highest BCUT2D eigenvalue weighted by Gasteiger charge is 2.23. The van der Waals surface area contributed by atoms with Crippen LogP contribution in [0.5, 0.6) is 5.75 Å². The number of carbonyl (C=O) groups excluding carboxylic acids is 2. The normalized spacial score (nSPS) is 12.1. The van der Waals surface area contributed by atoms with Crippen molar-refractivity contribution in [2.24, 2.45) is 7.05 Å².